The molecule has 0 aliphatic carbocycles. The fourth-order valence-electron chi connectivity index (χ4n) is 0.524. The third-order valence-electron chi connectivity index (χ3n) is 1.34. The number of halogens is 6. The number of carbonyl (C=O) groups is 1. The van der Waals surface area contributed by atoms with Crippen LogP contribution in [0.25, 0.3) is 0 Å². The van der Waals surface area contributed by atoms with Gasteiger partial charge in [0.2, 0.25) is 0 Å². The van der Waals surface area contributed by atoms with Crippen LogP contribution in [0.15, 0.2) is 0 Å². The number of ether oxygens (including phenoxy) is 1. The number of carbonyl (C=O) groups excluding carboxylic acids is 1. The highest BCUT2D eigenvalue weighted by Crippen LogP contribution is 2.29. The molecular formula is C5H4F6O4S. The first-order valence-electron chi connectivity index (χ1n) is 3.39. The average molecular weight is 274 g/mol. The quantitative estimate of drug-likeness (QED) is 0.563. The standard InChI is InChI=1S/C5H4F6O4S/c1-2(3(12)15-4(6,7)8)16(13,14)5(9,10)11/h2H,1H3. The van der Waals surface area contributed by atoms with E-state index in [9.17, 15) is 39.6 Å². The Morgan fingerprint density at radius 2 is 1.50 bits per heavy atom. The molecule has 0 spiro atoms. The zero-order valence-electron chi connectivity index (χ0n) is 7.39. The van der Waals surface area contributed by atoms with Crippen LogP contribution in [0.3, 0.4) is 0 Å². The summed E-state index contributed by atoms with van der Waals surface area (Å²) >= 11 is 0. The third kappa shape index (κ3) is 3.54. The molecule has 0 fully saturated rings. The molecule has 0 saturated carbocycles. The molecule has 0 aromatic rings. The molecule has 0 rings (SSSR count). The van der Waals surface area contributed by atoms with Crippen LogP contribution in [0.4, 0.5) is 26.3 Å². The number of sulfone groups is 1. The summed E-state index contributed by atoms with van der Waals surface area (Å²) in [6.45, 7) is 0.150. The van der Waals surface area contributed by atoms with Crippen molar-refractivity contribution in [1.82, 2.24) is 0 Å². The van der Waals surface area contributed by atoms with Gasteiger partial charge in [-0.05, 0) is 6.92 Å². The molecule has 0 heterocycles. The smallest absolute Gasteiger partial charge is 0.372 e. The van der Waals surface area contributed by atoms with Gasteiger partial charge in [0.25, 0.3) is 9.84 Å². The van der Waals surface area contributed by atoms with Crippen molar-refractivity contribution < 1.29 is 44.3 Å². The maximum absolute atomic E-state index is 11.8. The van der Waals surface area contributed by atoms with Gasteiger partial charge < -0.3 is 4.74 Å². The summed E-state index contributed by atoms with van der Waals surface area (Å²) in [6.07, 6.45) is -5.54. The first kappa shape index (κ1) is 15.0. The number of esters is 1. The predicted molar refractivity (Wildman–Crippen MR) is 36.6 cm³/mol. The van der Waals surface area contributed by atoms with Crippen molar-refractivity contribution >= 4 is 15.8 Å². The normalized spacial score (nSPS) is 15.7. The number of alkyl halides is 6. The van der Waals surface area contributed by atoms with E-state index in [1.165, 1.54) is 0 Å². The Morgan fingerprint density at radius 1 is 1.12 bits per heavy atom. The third-order valence-corrected chi connectivity index (χ3v) is 3.10. The van der Waals surface area contributed by atoms with Crippen molar-refractivity contribution in [3.05, 3.63) is 0 Å². The summed E-state index contributed by atoms with van der Waals surface area (Å²) in [5, 5.41) is -2.98. The molecule has 96 valence electrons. The van der Waals surface area contributed by atoms with E-state index in [0.717, 1.165) is 0 Å². The molecule has 0 aromatic carbocycles. The van der Waals surface area contributed by atoms with Crippen LogP contribution < -0.4 is 0 Å². The molecule has 1 unspecified atom stereocenters. The van der Waals surface area contributed by atoms with Gasteiger partial charge in [-0.2, -0.15) is 13.2 Å². The molecule has 11 heteroatoms. The summed E-state index contributed by atoms with van der Waals surface area (Å²) in [7, 11) is -6.02. The fourth-order valence-corrected chi connectivity index (χ4v) is 1.23. The van der Waals surface area contributed by atoms with Gasteiger partial charge in [-0.15, -0.1) is 13.2 Å². The molecule has 0 aliphatic heterocycles. The lowest BCUT2D eigenvalue weighted by molar-refractivity contribution is -0.305. The molecule has 16 heavy (non-hydrogen) atoms. The summed E-state index contributed by atoms with van der Waals surface area (Å²) in [6, 6.07) is 0. The van der Waals surface area contributed by atoms with Crippen LogP contribution in [0, 0.1) is 0 Å². The predicted octanol–water partition coefficient (Wildman–Crippen LogP) is 1.37. The van der Waals surface area contributed by atoms with Crippen molar-refractivity contribution in [2.45, 2.75) is 24.0 Å². The van der Waals surface area contributed by atoms with Crippen LogP contribution in [0.2, 0.25) is 0 Å². The Labute approximate surface area is 85.1 Å². The molecule has 0 N–H and O–H groups in total. The van der Waals surface area contributed by atoms with Crippen LogP contribution >= 0.6 is 0 Å². The van der Waals surface area contributed by atoms with Gasteiger partial charge in [0, 0.05) is 0 Å². The second-order valence-electron chi connectivity index (χ2n) is 2.50. The molecule has 1 atom stereocenters. The Bertz CT molecular complexity index is 365. The minimum Gasteiger partial charge on any atom is -0.372 e. The minimum absolute atomic E-state index is 0.150. The Hall–Kier alpha value is -1.00. The maximum Gasteiger partial charge on any atom is 0.575 e. The lowest BCUT2D eigenvalue weighted by Crippen LogP contribution is -2.40. The Morgan fingerprint density at radius 3 is 1.75 bits per heavy atom. The fraction of sp³-hybridized carbons (Fsp3) is 0.800. The first-order valence-corrected chi connectivity index (χ1v) is 4.93. The lowest BCUT2D eigenvalue weighted by atomic mass is 10.5. The largest absolute Gasteiger partial charge is 0.575 e. The van der Waals surface area contributed by atoms with Gasteiger partial charge in [-0.3, -0.25) is 4.79 Å². The van der Waals surface area contributed by atoms with E-state index in [-0.39, 0.29) is 6.92 Å². The van der Waals surface area contributed by atoms with Gasteiger partial charge in [0.05, 0.1) is 0 Å². The topological polar surface area (TPSA) is 60.4 Å². The zero-order chi connectivity index (χ0) is 13.4. The van der Waals surface area contributed by atoms with Crippen LogP contribution in [0.1, 0.15) is 6.92 Å². The Balaban J connectivity index is 4.97. The molecular weight excluding hydrogens is 270 g/mol. The van der Waals surface area contributed by atoms with E-state index in [0.29, 0.717) is 0 Å². The Kier molecular flexibility index (Phi) is 3.85. The number of rotatable bonds is 2. The van der Waals surface area contributed by atoms with Crippen molar-refractivity contribution in [3.8, 4) is 0 Å². The van der Waals surface area contributed by atoms with Crippen LogP contribution in [-0.2, 0) is 19.4 Å². The highest BCUT2D eigenvalue weighted by atomic mass is 32.2. The van der Waals surface area contributed by atoms with Gasteiger partial charge in [-0.25, -0.2) is 8.42 Å². The van der Waals surface area contributed by atoms with Crippen molar-refractivity contribution in [2.24, 2.45) is 0 Å². The summed E-state index contributed by atoms with van der Waals surface area (Å²) in [5.74, 6) is -2.54. The van der Waals surface area contributed by atoms with Gasteiger partial charge >= 0.3 is 17.8 Å². The van der Waals surface area contributed by atoms with Crippen molar-refractivity contribution in [2.75, 3.05) is 0 Å². The van der Waals surface area contributed by atoms with Gasteiger partial charge in [-0.1, -0.05) is 0 Å². The highest BCUT2D eigenvalue weighted by Gasteiger charge is 2.53. The molecule has 0 amide bonds. The number of hydrogen-bond acceptors (Lipinski definition) is 4. The van der Waals surface area contributed by atoms with E-state index in [2.05, 4.69) is 4.74 Å². The van der Waals surface area contributed by atoms with E-state index in [1.807, 2.05) is 0 Å². The summed E-state index contributed by atoms with van der Waals surface area (Å²) in [4.78, 5) is 10.4. The van der Waals surface area contributed by atoms with E-state index in [1.54, 1.807) is 0 Å². The van der Waals surface area contributed by atoms with E-state index < -0.39 is 32.9 Å². The molecule has 0 bridgehead atoms. The van der Waals surface area contributed by atoms with Gasteiger partial charge in [0.1, 0.15) is 0 Å². The lowest BCUT2D eigenvalue weighted by Gasteiger charge is -2.15. The van der Waals surface area contributed by atoms with Crippen molar-refractivity contribution in [1.29, 1.82) is 0 Å². The second kappa shape index (κ2) is 4.11. The second-order valence-corrected chi connectivity index (χ2v) is 4.76. The molecule has 0 aromatic heterocycles. The molecule has 0 aliphatic rings. The van der Waals surface area contributed by atoms with E-state index >= 15 is 0 Å². The van der Waals surface area contributed by atoms with Crippen LogP contribution in [-0.4, -0.2) is 31.5 Å². The number of hydrogen-bond donors (Lipinski definition) is 0. The maximum atomic E-state index is 11.8. The van der Waals surface area contributed by atoms with Crippen LogP contribution in [0.5, 0.6) is 0 Å². The zero-order valence-corrected chi connectivity index (χ0v) is 8.20. The van der Waals surface area contributed by atoms with Gasteiger partial charge in [0.15, 0.2) is 5.25 Å². The molecule has 4 nitrogen and oxygen atoms in total. The summed E-state index contributed by atoms with van der Waals surface area (Å²) < 4.78 is 93.2. The SMILES string of the molecule is CC(C(=O)OC(F)(F)F)S(=O)(=O)C(F)(F)F. The highest BCUT2D eigenvalue weighted by molar-refractivity contribution is 7.93. The summed E-state index contributed by atoms with van der Waals surface area (Å²) in [5.41, 5.74) is -5.82. The van der Waals surface area contributed by atoms with Crippen molar-refractivity contribution in [3.63, 3.8) is 0 Å². The molecule has 0 saturated heterocycles. The molecule has 0 radical (unpaired) electrons. The monoisotopic (exact) mass is 274 g/mol. The minimum atomic E-state index is -6.02. The van der Waals surface area contributed by atoms with E-state index in [4.69, 9.17) is 0 Å². The first-order chi connectivity index (χ1) is 6.79. The average Bonchev–Trinajstić information content (AvgIpc) is 1.97.